The fraction of sp³-hybridized carbons (Fsp3) is 0.417. The lowest BCUT2D eigenvalue weighted by Gasteiger charge is -2.10. The molecule has 1 aliphatic rings. The average molecular weight is 221 g/mol. The van der Waals surface area contributed by atoms with E-state index in [0.717, 1.165) is 0 Å². The third-order valence-electron chi connectivity index (χ3n) is 2.67. The normalized spacial score (nSPS) is 16.8. The van der Waals surface area contributed by atoms with Gasteiger partial charge in [0.1, 0.15) is 11.8 Å². The summed E-state index contributed by atoms with van der Waals surface area (Å²) in [7, 11) is 0. The molecular formula is C12H15NO3. The summed E-state index contributed by atoms with van der Waals surface area (Å²) in [6, 6.07) is 5.99. The van der Waals surface area contributed by atoms with Crippen LogP contribution in [0.1, 0.15) is 24.4 Å². The molecular weight excluding hydrogens is 206 g/mol. The van der Waals surface area contributed by atoms with Crippen LogP contribution < -0.4 is 10.5 Å². The van der Waals surface area contributed by atoms with E-state index >= 15 is 0 Å². The van der Waals surface area contributed by atoms with E-state index in [1.165, 1.54) is 12.8 Å². The molecule has 1 aromatic carbocycles. The van der Waals surface area contributed by atoms with Gasteiger partial charge in [-0.3, -0.25) is 4.79 Å². The Morgan fingerprint density at radius 3 is 2.94 bits per heavy atom. The Labute approximate surface area is 94.0 Å². The number of benzene rings is 1. The summed E-state index contributed by atoms with van der Waals surface area (Å²) in [5, 5.41) is 8.79. The topological polar surface area (TPSA) is 72.6 Å². The molecule has 1 saturated carbocycles. The molecule has 4 heteroatoms. The van der Waals surface area contributed by atoms with E-state index in [9.17, 15) is 4.79 Å². The Morgan fingerprint density at radius 1 is 1.56 bits per heavy atom. The van der Waals surface area contributed by atoms with Crippen molar-refractivity contribution in [3.05, 3.63) is 29.8 Å². The quantitative estimate of drug-likeness (QED) is 0.791. The fourth-order valence-electron chi connectivity index (χ4n) is 1.44. The number of ether oxygens (including phenoxy) is 1. The van der Waals surface area contributed by atoms with E-state index in [4.69, 9.17) is 15.6 Å². The van der Waals surface area contributed by atoms with Crippen LogP contribution in [0.3, 0.4) is 0 Å². The summed E-state index contributed by atoms with van der Waals surface area (Å²) in [4.78, 5) is 10.7. The number of hydrogen-bond acceptors (Lipinski definition) is 3. The molecule has 0 radical (unpaired) electrons. The summed E-state index contributed by atoms with van der Waals surface area (Å²) in [5.74, 6) is 0.345. The highest BCUT2D eigenvalue weighted by atomic mass is 16.5. The monoisotopic (exact) mass is 221 g/mol. The molecule has 4 nitrogen and oxygen atoms in total. The van der Waals surface area contributed by atoms with Gasteiger partial charge in [0.25, 0.3) is 0 Å². The van der Waals surface area contributed by atoms with Gasteiger partial charge in [-0.2, -0.15) is 0 Å². The first-order valence-corrected chi connectivity index (χ1v) is 5.38. The summed E-state index contributed by atoms with van der Waals surface area (Å²) >= 11 is 0. The number of carboxylic acids is 1. The first-order valence-electron chi connectivity index (χ1n) is 5.38. The molecule has 1 aromatic rings. The molecule has 1 unspecified atom stereocenters. The van der Waals surface area contributed by atoms with E-state index < -0.39 is 12.0 Å². The van der Waals surface area contributed by atoms with Crippen molar-refractivity contribution < 1.29 is 14.6 Å². The average Bonchev–Trinajstić information content (AvgIpc) is 3.09. The van der Waals surface area contributed by atoms with Gasteiger partial charge in [0.05, 0.1) is 6.61 Å². The van der Waals surface area contributed by atoms with Crippen LogP contribution >= 0.6 is 0 Å². The van der Waals surface area contributed by atoms with Crippen molar-refractivity contribution in [3.8, 4) is 5.75 Å². The first-order chi connectivity index (χ1) is 7.66. The van der Waals surface area contributed by atoms with Crippen molar-refractivity contribution in [3.63, 3.8) is 0 Å². The lowest BCUT2D eigenvalue weighted by molar-refractivity contribution is -0.138. The summed E-state index contributed by atoms with van der Waals surface area (Å²) in [5.41, 5.74) is 6.09. The van der Waals surface area contributed by atoms with Gasteiger partial charge < -0.3 is 15.6 Å². The van der Waals surface area contributed by atoms with Crippen LogP contribution in [-0.2, 0) is 4.79 Å². The first kappa shape index (κ1) is 11.0. The molecule has 0 heterocycles. The number of carbonyl (C=O) groups is 1. The molecule has 86 valence electrons. The third-order valence-corrected chi connectivity index (χ3v) is 2.67. The van der Waals surface area contributed by atoms with Crippen LogP contribution in [0.15, 0.2) is 24.3 Å². The minimum absolute atomic E-state index is 0.570. The van der Waals surface area contributed by atoms with Gasteiger partial charge in [0, 0.05) is 0 Å². The molecule has 2 rings (SSSR count). The molecule has 0 aliphatic heterocycles. The smallest absolute Gasteiger partial charge is 0.325 e. The Kier molecular flexibility index (Phi) is 3.10. The van der Waals surface area contributed by atoms with Crippen LogP contribution in [0.2, 0.25) is 0 Å². The molecule has 1 fully saturated rings. The Balaban J connectivity index is 2.02. The van der Waals surface area contributed by atoms with E-state index in [-0.39, 0.29) is 0 Å². The number of nitrogens with two attached hydrogens (primary N) is 1. The second-order valence-corrected chi connectivity index (χ2v) is 4.14. The van der Waals surface area contributed by atoms with Crippen LogP contribution in [-0.4, -0.2) is 17.7 Å². The maximum Gasteiger partial charge on any atom is 0.325 e. The minimum Gasteiger partial charge on any atom is -0.493 e. The number of rotatable bonds is 5. The van der Waals surface area contributed by atoms with E-state index in [0.29, 0.717) is 23.8 Å². The van der Waals surface area contributed by atoms with Gasteiger partial charge in [-0.15, -0.1) is 0 Å². The van der Waals surface area contributed by atoms with Crippen molar-refractivity contribution in [1.29, 1.82) is 0 Å². The van der Waals surface area contributed by atoms with Crippen molar-refractivity contribution in [1.82, 2.24) is 0 Å². The molecule has 0 saturated heterocycles. The van der Waals surface area contributed by atoms with Gasteiger partial charge in [0.2, 0.25) is 0 Å². The SMILES string of the molecule is NC(C(=O)O)c1cccc(OCC2CC2)c1. The summed E-state index contributed by atoms with van der Waals surface area (Å²) in [6.07, 6.45) is 2.46. The van der Waals surface area contributed by atoms with Crippen molar-refractivity contribution in [2.24, 2.45) is 11.7 Å². The zero-order chi connectivity index (χ0) is 11.5. The molecule has 16 heavy (non-hydrogen) atoms. The van der Waals surface area contributed by atoms with E-state index in [1.54, 1.807) is 18.2 Å². The van der Waals surface area contributed by atoms with Crippen molar-refractivity contribution in [2.75, 3.05) is 6.61 Å². The lowest BCUT2D eigenvalue weighted by atomic mass is 10.1. The largest absolute Gasteiger partial charge is 0.493 e. The summed E-state index contributed by atoms with van der Waals surface area (Å²) in [6.45, 7) is 0.714. The van der Waals surface area contributed by atoms with E-state index in [1.807, 2.05) is 6.07 Å². The minimum atomic E-state index is -1.03. The maximum atomic E-state index is 10.7. The highest BCUT2D eigenvalue weighted by Gasteiger charge is 2.22. The highest BCUT2D eigenvalue weighted by Crippen LogP contribution is 2.29. The molecule has 1 aliphatic carbocycles. The zero-order valence-corrected chi connectivity index (χ0v) is 8.93. The predicted molar refractivity (Wildman–Crippen MR) is 59.2 cm³/mol. The highest BCUT2D eigenvalue weighted by molar-refractivity contribution is 5.75. The van der Waals surface area contributed by atoms with Crippen LogP contribution in [0.4, 0.5) is 0 Å². The standard InChI is InChI=1S/C12H15NO3/c13-11(12(14)15)9-2-1-3-10(6-9)16-7-8-4-5-8/h1-3,6,8,11H,4-5,7,13H2,(H,14,15). The van der Waals surface area contributed by atoms with Crippen molar-refractivity contribution in [2.45, 2.75) is 18.9 Å². The van der Waals surface area contributed by atoms with Crippen molar-refractivity contribution >= 4 is 5.97 Å². The van der Waals surface area contributed by atoms with Gasteiger partial charge in [-0.05, 0) is 36.5 Å². The molecule has 1 atom stereocenters. The number of aliphatic carboxylic acids is 1. The van der Waals surface area contributed by atoms with Crippen LogP contribution in [0, 0.1) is 5.92 Å². The summed E-state index contributed by atoms with van der Waals surface area (Å²) < 4.78 is 5.55. The molecule has 0 amide bonds. The molecule has 0 bridgehead atoms. The van der Waals surface area contributed by atoms with E-state index in [2.05, 4.69) is 0 Å². The second kappa shape index (κ2) is 4.53. The number of carboxylic acid groups (broad SMARTS) is 1. The Bertz CT molecular complexity index is 388. The van der Waals surface area contributed by atoms with Gasteiger partial charge >= 0.3 is 5.97 Å². The lowest BCUT2D eigenvalue weighted by Crippen LogP contribution is -2.20. The maximum absolute atomic E-state index is 10.7. The number of hydrogen-bond donors (Lipinski definition) is 2. The molecule has 0 aromatic heterocycles. The van der Waals surface area contributed by atoms with Crippen LogP contribution in [0.5, 0.6) is 5.75 Å². The van der Waals surface area contributed by atoms with Gasteiger partial charge in [0.15, 0.2) is 0 Å². The molecule has 3 N–H and O–H groups in total. The van der Waals surface area contributed by atoms with Gasteiger partial charge in [-0.1, -0.05) is 12.1 Å². The van der Waals surface area contributed by atoms with Gasteiger partial charge in [-0.25, -0.2) is 0 Å². The fourth-order valence-corrected chi connectivity index (χ4v) is 1.44. The molecule has 0 spiro atoms. The Morgan fingerprint density at radius 2 is 2.31 bits per heavy atom. The predicted octanol–water partition coefficient (Wildman–Crippen LogP) is 1.56. The zero-order valence-electron chi connectivity index (χ0n) is 8.93. The Hall–Kier alpha value is -1.55. The second-order valence-electron chi connectivity index (χ2n) is 4.14. The van der Waals surface area contributed by atoms with Crippen LogP contribution in [0.25, 0.3) is 0 Å². The third kappa shape index (κ3) is 2.73.